The number of benzene rings is 1. The van der Waals surface area contributed by atoms with Crippen LogP contribution >= 0.6 is 23.2 Å². The lowest BCUT2D eigenvalue weighted by Gasteiger charge is -2.22. The molecular formula is C24H34N5O12P3. The Morgan fingerprint density at radius 3 is 2.43 bits per heavy atom. The van der Waals surface area contributed by atoms with E-state index in [1.165, 1.54) is 30.9 Å². The van der Waals surface area contributed by atoms with E-state index < -0.39 is 60.7 Å². The first kappa shape index (κ1) is 33.3. The number of nitrogen functional groups attached to an aromatic ring is 1. The molecule has 242 valence electrons. The average molecular weight is 677 g/mol. The lowest BCUT2D eigenvalue weighted by atomic mass is 10.1. The van der Waals surface area contributed by atoms with Gasteiger partial charge < -0.3 is 34.6 Å². The fraction of sp³-hybridized carbons (Fsp3) is 0.542. The van der Waals surface area contributed by atoms with Gasteiger partial charge in [0.15, 0.2) is 24.0 Å². The summed E-state index contributed by atoms with van der Waals surface area (Å²) in [5, 5.41) is -0.311. The number of hydrogen-bond acceptors (Lipinski definition) is 13. The summed E-state index contributed by atoms with van der Waals surface area (Å²) in [6, 6.07) is 4.03. The van der Waals surface area contributed by atoms with Gasteiger partial charge >= 0.3 is 23.2 Å². The number of phosphoric acid groups is 2. The van der Waals surface area contributed by atoms with Crippen LogP contribution in [0.2, 0.25) is 0 Å². The summed E-state index contributed by atoms with van der Waals surface area (Å²) in [5.41, 5.74) is 8.02. The van der Waals surface area contributed by atoms with Crippen LogP contribution < -0.4 is 11.0 Å². The van der Waals surface area contributed by atoms with Crippen LogP contribution in [-0.2, 0) is 41.1 Å². The van der Waals surface area contributed by atoms with Gasteiger partial charge in [0.05, 0.1) is 18.2 Å². The molecule has 5 N–H and O–H groups in total. The highest BCUT2D eigenvalue weighted by atomic mass is 31.3. The number of anilines is 1. The van der Waals surface area contributed by atoms with Crippen molar-refractivity contribution in [1.29, 1.82) is 0 Å². The number of rotatable bonds is 13. The van der Waals surface area contributed by atoms with E-state index in [1.807, 2.05) is 0 Å². The maximum absolute atomic E-state index is 12.7. The zero-order chi connectivity index (χ0) is 31.9. The van der Waals surface area contributed by atoms with Crippen LogP contribution in [0.1, 0.15) is 50.0 Å². The van der Waals surface area contributed by atoms with E-state index in [4.69, 9.17) is 24.5 Å². The normalized spacial score (nSPS) is 27.5. The first-order valence-corrected chi connectivity index (χ1v) is 18.3. The summed E-state index contributed by atoms with van der Waals surface area (Å²) >= 11 is 0. The Hall–Kier alpha value is -2.10. The van der Waals surface area contributed by atoms with Gasteiger partial charge in [-0.05, 0) is 49.9 Å². The van der Waals surface area contributed by atoms with Crippen LogP contribution in [-0.4, -0.2) is 65.4 Å². The molecule has 5 unspecified atom stereocenters. The third kappa shape index (κ3) is 7.31. The molecule has 0 spiro atoms. The number of ether oxygens (including phenoxy) is 3. The molecule has 5 rings (SSSR count). The summed E-state index contributed by atoms with van der Waals surface area (Å²) in [6.07, 6.45) is 2.11. The summed E-state index contributed by atoms with van der Waals surface area (Å²) < 4.78 is 71.6. The van der Waals surface area contributed by atoms with Gasteiger partial charge in [-0.15, -0.1) is 0 Å². The van der Waals surface area contributed by atoms with Crippen molar-refractivity contribution < 1.29 is 55.7 Å². The van der Waals surface area contributed by atoms with Gasteiger partial charge in [0, 0.05) is 0 Å². The Labute approximate surface area is 252 Å². The Kier molecular flexibility index (Phi) is 9.79. The number of unbranched alkanes of at least 4 members (excludes halogenated alkanes) is 2. The molecule has 17 nitrogen and oxygen atoms in total. The van der Waals surface area contributed by atoms with Crippen molar-refractivity contribution in [3.8, 4) is 0 Å². The van der Waals surface area contributed by atoms with E-state index in [1.54, 1.807) is 18.4 Å². The number of imidazole rings is 1. The standard InChI is InChI=1S/C24H34N5O12P3/c1-4-5-6-7-18-38-20-17(37-24(21(20)39-18)29-13-28-19-22(25)26-12-27-23(19)29)11-36-43(32,33)41-44(34,35)40-42(30,31)16-9-8-14(2)15(3)10-16/h8-10,12-13,17-18,20-21,24H,4-7,11H2,1-3H3,(H,30,31)(H,32,33)(H,34,35)(H2,25,26,27)/t17-,18?,20+,21?,24-/m1/s1. The number of aryl methyl sites for hydroxylation is 2. The van der Waals surface area contributed by atoms with E-state index in [-0.39, 0.29) is 11.1 Å². The molecule has 44 heavy (non-hydrogen) atoms. The predicted molar refractivity (Wildman–Crippen MR) is 154 cm³/mol. The molecule has 0 bridgehead atoms. The molecule has 0 amide bonds. The van der Waals surface area contributed by atoms with Gasteiger partial charge in [0.2, 0.25) is 0 Å². The smallest absolute Gasteiger partial charge is 0.382 e. The quantitative estimate of drug-likeness (QED) is 0.150. The largest absolute Gasteiger partial charge is 0.488 e. The van der Waals surface area contributed by atoms with Gasteiger partial charge in [0.25, 0.3) is 0 Å². The highest BCUT2D eigenvalue weighted by Gasteiger charge is 2.54. The van der Waals surface area contributed by atoms with Crippen molar-refractivity contribution in [2.45, 2.75) is 77.3 Å². The molecule has 4 heterocycles. The highest BCUT2D eigenvalue weighted by Crippen LogP contribution is 2.67. The number of nitrogens with two attached hydrogens (primary N) is 1. The fourth-order valence-corrected chi connectivity index (χ4v) is 9.01. The molecule has 2 aromatic heterocycles. The summed E-state index contributed by atoms with van der Waals surface area (Å²) in [5.74, 6) is 0.156. The van der Waals surface area contributed by atoms with Crippen molar-refractivity contribution in [2.24, 2.45) is 0 Å². The monoisotopic (exact) mass is 677 g/mol. The van der Waals surface area contributed by atoms with Gasteiger partial charge in [-0.3, -0.25) is 13.7 Å². The molecular weight excluding hydrogens is 643 g/mol. The second-order valence-corrected chi connectivity index (χ2v) is 15.5. The Bertz CT molecular complexity index is 1660. The molecule has 0 aliphatic carbocycles. The molecule has 0 radical (unpaired) electrons. The molecule has 1 aromatic carbocycles. The summed E-state index contributed by atoms with van der Waals surface area (Å²) in [4.78, 5) is 43.1. The molecule has 8 atom stereocenters. The minimum absolute atomic E-state index is 0.156. The van der Waals surface area contributed by atoms with E-state index in [2.05, 4.69) is 30.5 Å². The Balaban J connectivity index is 1.29. The van der Waals surface area contributed by atoms with Crippen molar-refractivity contribution in [2.75, 3.05) is 12.3 Å². The van der Waals surface area contributed by atoms with Crippen LogP contribution in [0.3, 0.4) is 0 Å². The zero-order valence-electron chi connectivity index (χ0n) is 24.0. The summed E-state index contributed by atoms with van der Waals surface area (Å²) in [7, 11) is -15.9. The van der Waals surface area contributed by atoms with Crippen molar-refractivity contribution in [1.82, 2.24) is 19.5 Å². The highest BCUT2D eigenvalue weighted by molar-refractivity contribution is 7.71. The molecule has 20 heteroatoms. The number of nitrogens with zero attached hydrogens (tertiary/aromatic N) is 4. The molecule has 0 saturated carbocycles. The zero-order valence-corrected chi connectivity index (χ0v) is 26.7. The number of phosphoric ester groups is 1. The van der Waals surface area contributed by atoms with Gasteiger partial charge in [0.1, 0.15) is 30.2 Å². The fourth-order valence-electron chi connectivity index (χ4n) is 4.94. The van der Waals surface area contributed by atoms with E-state index >= 15 is 0 Å². The molecule has 2 fully saturated rings. The lowest BCUT2D eigenvalue weighted by Crippen LogP contribution is -2.31. The van der Waals surface area contributed by atoms with Crippen molar-refractivity contribution in [3.05, 3.63) is 42.0 Å². The predicted octanol–water partition coefficient (Wildman–Crippen LogP) is 3.37. The van der Waals surface area contributed by atoms with Crippen molar-refractivity contribution in [3.63, 3.8) is 0 Å². The average Bonchev–Trinajstić information content (AvgIpc) is 3.62. The minimum atomic E-state index is -5.61. The topological polar surface area (TPSA) is 237 Å². The van der Waals surface area contributed by atoms with Crippen LogP contribution in [0.4, 0.5) is 5.82 Å². The van der Waals surface area contributed by atoms with E-state index in [0.717, 1.165) is 24.8 Å². The second-order valence-electron chi connectivity index (χ2n) is 10.5. The van der Waals surface area contributed by atoms with Crippen LogP contribution in [0.5, 0.6) is 0 Å². The van der Waals surface area contributed by atoms with Gasteiger partial charge in [-0.25, -0.2) is 28.4 Å². The second kappa shape index (κ2) is 13.0. The lowest BCUT2D eigenvalue weighted by molar-refractivity contribution is -0.152. The first-order chi connectivity index (χ1) is 20.7. The van der Waals surface area contributed by atoms with E-state index in [9.17, 15) is 28.4 Å². The Morgan fingerprint density at radius 2 is 1.70 bits per heavy atom. The maximum Gasteiger partial charge on any atom is 0.488 e. The third-order valence-electron chi connectivity index (χ3n) is 7.25. The molecule has 3 aromatic rings. The first-order valence-electron chi connectivity index (χ1n) is 13.7. The number of hydrogen-bond donors (Lipinski definition) is 4. The SMILES string of the molecule is CCCCCC1OC2[C@@H](O1)[C@@H](COP(=O)(O)OP(=O)(O)OP(=O)(O)c1ccc(C)c(C)c1)O[C@H]2n1cnc2c(N)ncnc21. The molecule has 2 aliphatic heterocycles. The molecule has 2 saturated heterocycles. The molecule has 2 aliphatic rings. The van der Waals surface area contributed by atoms with Gasteiger partial charge in [-0.1, -0.05) is 25.8 Å². The number of fused-ring (bicyclic) bond motifs is 2. The van der Waals surface area contributed by atoms with Crippen LogP contribution in [0, 0.1) is 13.8 Å². The minimum Gasteiger partial charge on any atom is -0.382 e. The maximum atomic E-state index is 12.7. The third-order valence-corrected chi connectivity index (χ3v) is 12.0. The van der Waals surface area contributed by atoms with Crippen LogP contribution in [0.25, 0.3) is 11.2 Å². The number of aromatic nitrogens is 4. The Morgan fingerprint density at radius 1 is 0.955 bits per heavy atom. The van der Waals surface area contributed by atoms with Gasteiger partial charge in [-0.2, -0.15) is 4.31 Å². The summed E-state index contributed by atoms with van der Waals surface area (Å²) in [6.45, 7) is 4.83. The van der Waals surface area contributed by atoms with E-state index in [0.29, 0.717) is 23.1 Å². The van der Waals surface area contributed by atoms with Crippen LogP contribution in [0.15, 0.2) is 30.9 Å². The van der Waals surface area contributed by atoms with Crippen molar-refractivity contribution >= 4 is 45.5 Å².